The second-order valence-corrected chi connectivity index (χ2v) is 1.41. The van der Waals surface area contributed by atoms with E-state index in [9.17, 15) is 0 Å². The molecule has 0 aliphatic carbocycles. The summed E-state index contributed by atoms with van der Waals surface area (Å²) < 4.78 is 4.77. The van der Waals surface area contributed by atoms with Gasteiger partial charge in [0.2, 0.25) is 0 Å². The van der Waals surface area contributed by atoms with E-state index < -0.39 is 0 Å². The standard InChI is InChI=1S/C7H12O/c1-3-4-5-6-7-8-2/h3-6H,7H2,1-2H3/b4-3+,6-5+. The summed E-state index contributed by atoms with van der Waals surface area (Å²) in [7, 11) is 1.68. The summed E-state index contributed by atoms with van der Waals surface area (Å²) >= 11 is 0. The van der Waals surface area contributed by atoms with E-state index in [1.807, 2.05) is 31.2 Å². The molecular weight excluding hydrogens is 100 g/mol. The molecule has 8 heavy (non-hydrogen) atoms. The highest BCUT2D eigenvalue weighted by Gasteiger charge is 1.65. The molecule has 0 radical (unpaired) electrons. The van der Waals surface area contributed by atoms with E-state index in [4.69, 9.17) is 4.74 Å². The van der Waals surface area contributed by atoms with Crippen LogP contribution in [0.3, 0.4) is 0 Å². The minimum atomic E-state index is 0.699. The lowest BCUT2D eigenvalue weighted by Gasteiger charge is -1.82. The minimum Gasteiger partial charge on any atom is -0.381 e. The van der Waals surface area contributed by atoms with Crippen molar-refractivity contribution in [3.8, 4) is 0 Å². The van der Waals surface area contributed by atoms with Crippen LogP contribution in [0.2, 0.25) is 0 Å². The fourth-order valence-electron chi connectivity index (χ4n) is 0.341. The third-order valence-electron chi connectivity index (χ3n) is 0.703. The fourth-order valence-corrected chi connectivity index (χ4v) is 0.341. The van der Waals surface area contributed by atoms with Gasteiger partial charge in [0.05, 0.1) is 6.61 Å². The van der Waals surface area contributed by atoms with Gasteiger partial charge in [0.1, 0.15) is 0 Å². The summed E-state index contributed by atoms with van der Waals surface area (Å²) in [6.45, 7) is 2.68. The minimum absolute atomic E-state index is 0.699. The first-order valence-electron chi connectivity index (χ1n) is 2.68. The number of allylic oxidation sites excluding steroid dienone is 3. The van der Waals surface area contributed by atoms with Gasteiger partial charge in [0.15, 0.2) is 0 Å². The summed E-state index contributed by atoms with van der Waals surface area (Å²) in [6, 6.07) is 0. The Balaban J connectivity index is 3.07. The average Bonchev–Trinajstić information content (AvgIpc) is 1.81. The number of hydrogen-bond acceptors (Lipinski definition) is 1. The van der Waals surface area contributed by atoms with Crippen LogP contribution in [-0.4, -0.2) is 13.7 Å². The van der Waals surface area contributed by atoms with E-state index in [-0.39, 0.29) is 0 Å². The Labute approximate surface area is 50.7 Å². The van der Waals surface area contributed by atoms with Gasteiger partial charge in [-0.25, -0.2) is 0 Å². The van der Waals surface area contributed by atoms with Crippen LogP contribution in [0.4, 0.5) is 0 Å². The van der Waals surface area contributed by atoms with Crippen molar-refractivity contribution in [2.24, 2.45) is 0 Å². The molecule has 0 saturated carbocycles. The Hall–Kier alpha value is -0.560. The van der Waals surface area contributed by atoms with Crippen molar-refractivity contribution in [1.29, 1.82) is 0 Å². The maximum Gasteiger partial charge on any atom is 0.0646 e. The highest BCUT2D eigenvalue weighted by molar-refractivity contribution is 5.00. The van der Waals surface area contributed by atoms with Gasteiger partial charge < -0.3 is 4.74 Å². The van der Waals surface area contributed by atoms with Gasteiger partial charge in [-0.3, -0.25) is 0 Å². The summed E-state index contributed by atoms with van der Waals surface area (Å²) in [6.07, 6.45) is 7.87. The lowest BCUT2D eigenvalue weighted by atomic mass is 10.4. The van der Waals surface area contributed by atoms with Gasteiger partial charge in [-0.05, 0) is 6.92 Å². The molecule has 0 atom stereocenters. The highest BCUT2D eigenvalue weighted by Crippen LogP contribution is 1.75. The molecule has 0 unspecified atom stereocenters. The van der Waals surface area contributed by atoms with E-state index >= 15 is 0 Å². The van der Waals surface area contributed by atoms with Crippen molar-refractivity contribution in [3.63, 3.8) is 0 Å². The van der Waals surface area contributed by atoms with Crippen LogP contribution in [0.1, 0.15) is 6.92 Å². The van der Waals surface area contributed by atoms with Gasteiger partial charge >= 0.3 is 0 Å². The molecular formula is C7H12O. The lowest BCUT2D eigenvalue weighted by molar-refractivity contribution is 0.234. The first-order chi connectivity index (χ1) is 3.91. The van der Waals surface area contributed by atoms with Crippen molar-refractivity contribution in [1.82, 2.24) is 0 Å². The highest BCUT2D eigenvalue weighted by atomic mass is 16.5. The Morgan fingerprint density at radius 1 is 1.38 bits per heavy atom. The van der Waals surface area contributed by atoms with Crippen LogP contribution in [0.25, 0.3) is 0 Å². The maximum atomic E-state index is 4.77. The van der Waals surface area contributed by atoms with Crippen molar-refractivity contribution in [2.75, 3.05) is 13.7 Å². The molecule has 0 saturated heterocycles. The molecule has 0 spiro atoms. The number of ether oxygens (including phenoxy) is 1. The topological polar surface area (TPSA) is 9.23 Å². The van der Waals surface area contributed by atoms with Crippen LogP contribution in [-0.2, 0) is 4.74 Å². The van der Waals surface area contributed by atoms with Gasteiger partial charge in [0, 0.05) is 7.11 Å². The lowest BCUT2D eigenvalue weighted by Crippen LogP contribution is -1.78. The first-order valence-corrected chi connectivity index (χ1v) is 2.68. The number of methoxy groups -OCH3 is 1. The molecule has 0 aliphatic heterocycles. The summed E-state index contributed by atoms with van der Waals surface area (Å²) in [5, 5.41) is 0. The molecule has 0 fully saturated rings. The molecule has 0 amide bonds. The van der Waals surface area contributed by atoms with Crippen molar-refractivity contribution < 1.29 is 4.74 Å². The molecule has 0 aromatic rings. The van der Waals surface area contributed by atoms with E-state index in [2.05, 4.69) is 0 Å². The molecule has 1 heteroatoms. The van der Waals surface area contributed by atoms with E-state index in [1.54, 1.807) is 7.11 Å². The fraction of sp³-hybridized carbons (Fsp3) is 0.429. The first kappa shape index (κ1) is 7.44. The molecule has 0 N–H and O–H groups in total. The average molecular weight is 112 g/mol. The molecule has 0 rings (SSSR count). The molecule has 0 heterocycles. The largest absolute Gasteiger partial charge is 0.381 e. The van der Waals surface area contributed by atoms with Crippen LogP contribution in [0.15, 0.2) is 24.3 Å². The third-order valence-corrected chi connectivity index (χ3v) is 0.703. The summed E-state index contributed by atoms with van der Waals surface area (Å²) in [5.74, 6) is 0. The van der Waals surface area contributed by atoms with E-state index in [1.165, 1.54) is 0 Å². The van der Waals surface area contributed by atoms with Gasteiger partial charge in [0.25, 0.3) is 0 Å². The van der Waals surface area contributed by atoms with E-state index in [0.717, 1.165) is 0 Å². The zero-order valence-electron chi connectivity index (χ0n) is 5.42. The van der Waals surface area contributed by atoms with Crippen LogP contribution < -0.4 is 0 Å². The molecule has 0 aromatic carbocycles. The Bertz CT molecular complexity index is 82.4. The molecule has 0 aliphatic rings. The third kappa shape index (κ3) is 5.44. The van der Waals surface area contributed by atoms with Crippen LogP contribution >= 0.6 is 0 Å². The second-order valence-electron chi connectivity index (χ2n) is 1.41. The Morgan fingerprint density at radius 2 is 2.12 bits per heavy atom. The van der Waals surface area contributed by atoms with Gasteiger partial charge in [-0.1, -0.05) is 24.3 Å². The summed E-state index contributed by atoms with van der Waals surface area (Å²) in [4.78, 5) is 0. The zero-order chi connectivity index (χ0) is 6.24. The van der Waals surface area contributed by atoms with Crippen molar-refractivity contribution in [3.05, 3.63) is 24.3 Å². The maximum absolute atomic E-state index is 4.77. The molecule has 1 nitrogen and oxygen atoms in total. The summed E-state index contributed by atoms with van der Waals surface area (Å²) in [5.41, 5.74) is 0. The molecule has 46 valence electrons. The Kier molecular flexibility index (Phi) is 5.99. The molecule has 0 aromatic heterocycles. The van der Waals surface area contributed by atoms with Crippen LogP contribution in [0, 0.1) is 0 Å². The predicted molar refractivity (Wildman–Crippen MR) is 35.8 cm³/mol. The van der Waals surface area contributed by atoms with Crippen molar-refractivity contribution in [2.45, 2.75) is 6.92 Å². The van der Waals surface area contributed by atoms with Crippen molar-refractivity contribution >= 4 is 0 Å². The van der Waals surface area contributed by atoms with Gasteiger partial charge in [-0.15, -0.1) is 0 Å². The van der Waals surface area contributed by atoms with E-state index in [0.29, 0.717) is 6.61 Å². The van der Waals surface area contributed by atoms with Crippen LogP contribution in [0.5, 0.6) is 0 Å². The number of rotatable bonds is 3. The smallest absolute Gasteiger partial charge is 0.0646 e. The monoisotopic (exact) mass is 112 g/mol. The Morgan fingerprint density at radius 3 is 2.62 bits per heavy atom. The zero-order valence-corrected chi connectivity index (χ0v) is 5.42. The normalized spacial score (nSPS) is 11.8. The number of hydrogen-bond donors (Lipinski definition) is 0. The van der Waals surface area contributed by atoms with Gasteiger partial charge in [-0.2, -0.15) is 0 Å². The second kappa shape index (κ2) is 6.44. The SMILES string of the molecule is C/C=C/C=C/COC. The quantitative estimate of drug-likeness (QED) is 0.505. The molecule has 0 bridgehead atoms. The predicted octanol–water partition coefficient (Wildman–Crippen LogP) is 1.77.